The van der Waals surface area contributed by atoms with Gasteiger partial charge in [0, 0.05) is 12.0 Å². The highest BCUT2D eigenvalue weighted by molar-refractivity contribution is 7.91. The van der Waals surface area contributed by atoms with E-state index in [0.717, 1.165) is 11.1 Å². The Hall–Kier alpha value is -3.60. The van der Waals surface area contributed by atoms with Crippen LogP contribution >= 0.6 is 11.6 Å². The van der Waals surface area contributed by atoms with Crippen molar-refractivity contribution < 1.29 is 32.3 Å². The fraction of sp³-hybridized carbons (Fsp3) is 0.333. The summed E-state index contributed by atoms with van der Waals surface area (Å²) in [4.78, 5) is 23.6. The first-order chi connectivity index (χ1) is 19.3. The third-order valence-electron chi connectivity index (χ3n) is 6.84. The number of carbonyl (C=O) groups excluding carboxylic acids is 1. The lowest BCUT2D eigenvalue weighted by atomic mass is 9.96. The smallest absolute Gasteiger partial charge is 0.321 e. The van der Waals surface area contributed by atoms with Crippen molar-refractivity contribution in [3.63, 3.8) is 0 Å². The predicted octanol–water partition coefficient (Wildman–Crippen LogP) is 5.68. The zero-order chi connectivity index (χ0) is 30.1. The van der Waals surface area contributed by atoms with E-state index in [-0.39, 0.29) is 18.3 Å². The maximum absolute atomic E-state index is 13.9. The summed E-state index contributed by atoms with van der Waals surface area (Å²) in [5, 5.41) is 13.2. The monoisotopic (exact) mass is 600 g/mol. The number of benzene rings is 2. The van der Waals surface area contributed by atoms with E-state index in [1.165, 1.54) is 6.08 Å². The number of nitrogens with one attached hydrogen (secondary N) is 2. The standard InChI is InChI=1S/C30H33ClN2O7S/c1-17(2)25(29(35)36)33-41(37,38)30(15-13-21(14-16-30)20-9-7-6-8-10-20)32-28(34)26-19(5)24-23(40-26)12-11-22(31)27(24)39-18(3)4/h6-15,17-18,25,33H,16H2,1-5H3,(H,32,34)(H,35,36)/t25-,30?/m0/s1. The first kappa shape index (κ1) is 30.4. The van der Waals surface area contributed by atoms with Gasteiger partial charge in [-0.2, -0.15) is 4.72 Å². The van der Waals surface area contributed by atoms with E-state index in [1.54, 1.807) is 45.1 Å². The Labute approximate surface area is 244 Å². The molecule has 218 valence electrons. The number of halogens is 1. The number of fused-ring (bicyclic) bond motifs is 1. The van der Waals surface area contributed by atoms with E-state index in [0.29, 0.717) is 27.3 Å². The number of carboxylic acids is 1. The third-order valence-corrected chi connectivity index (χ3v) is 9.07. The molecule has 2 aromatic carbocycles. The highest BCUT2D eigenvalue weighted by Gasteiger charge is 2.46. The van der Waals surface area contributed by atoms with Crippen LogP contribution in [-0.2, 0) is 14.8 Å². The minimum Gasteiger partial charge on any atom is -0.489 e. The number of ether oxygens (including phenoxy) is 1. The fourth-order valence-electron chi connectivity index (χ4n) is 4.67. The number of rotatable bonds is 10. The first-order valence-electron chi connectivity index (χ1n) is 13.2. The van der Waals surface area contributed by atoms with Crippen LogP contribution in [0.4, 0.5) is 0 Å². The van der Waals surface area contributed by atoms with Gasteiger partial charge in [0.15, 0.2) is 10.6 Å². The van der Waals surface area contributed by atoms with Gasteiger partial charge in [-0.1, -0.05) is 67.9 Å². The van der Waals surface area contributed by atoms with Crippen LogP contribution in [-0.4, -0.2) is 42.4 Å². The molecule has 1 amide bonds. The number of carboxylic acid groups (broad SMARTS) is 1. The zero-order valence-corrected chi connectivity index (χ0v) is 25.0. The van der Waals surface area contributed by atoms with Crippen molar-refractivity contribution in [1.82, 2.24) is 10.0 Å². The molecule has 1 aliphatic carbocycles. The normalized spacial score (nSPS) is 18.0. The summed E-state index contributed by atoms with van der Waals surface area (Å²) in [6.07, 6.45) is 4.30. The Balaban J connectivity index is 1.77. The molecular weight excluding hydrogens is 568 g/mol. The molecule has 11 heteroatoms. The largest absolute Gasteiger partial charge is 0.489 e. The second kappa shape index (κ2) is 11.7. The van der Waals surface area contributed by atoms with E-state index in [2.05, 4.69) is 10.0 Å². The molecule has 0 radical (unpaired) electrons. The molecule has 0 bridgehead atoms. The Kier molecular flexibility index (Phi) is 8.67. The van der Waals surface area contributed by atoms with Crippen molar-refractivity contribution in [2.45, 2.75) is 58.1 Å². The highest BCUT2D eigenvalue weighted by Crippen LogP contribution is 2.39. The average molecular weight is 601 g/mol. The summed E-state index contributed by atoms with van der Waals surface area (Å²) in [5.74, 6) is -2.44. The van der Waals surface area contributed by atoms with Gasteiger partial charge in [-0.3, -0.25) is 9.59 Å². The summed E-state index contributed by atoms with van der Waals surface area (Å²) in [7, 11) is -4.50. The lowest BCUT2D eigenvalue weighted by molar-refractivity contribution is -0.140. The Morgan fingerprint density at radius 1 is 1.10 bits per heavy atom. The van der Waals surface area contributed by atoms with E-state index in [9.17, 15) is 23.1 Å². The molecule has 0 saturated carbocycles. The van der Waals surface area contributed by atoms with Crippen LogP contribution < -0.4 is 14.8 Å². The number of allylic oxidation sites excluding steroid dienone is 2. The molecule has 1 heterocycles. The lowest BCUT2D eigenvalue weighted by Crippen LogP contribution is -2.60. The molecule has 4 rings (SSSR count). The molecule has 0 fully saturated rings. The van der Waals surface area contributed by atoms with Crippen molar-refractivity contribution in [2.24, 2.45) is 5.92 Å². The first-order valence-corrected chi connectivity index (χ1v) is 15.0. The van der Waals surface area contributed by atoms with Gasteiger partial charge in [-0.25, -0.2) is 8.42 Å². The molecule has 2 atom stereocenters. The molecular formula is C30H33ClN2O7S. The van der Waals surface area contributed by atoms with Crippen LogP contribution in [0.5, 0.6) is 5.75 Å². The molecule has 0 aliphatic heterocycles. The Bertz CT molecular complexity index is 1640. The van der Waals surface area contributed by atoms with Gasteiger partial charge < -0.3 is 19.6 Å². The van der Waals surface area contributed by atoms with Crippen LogP contribution in [0.1, 0.15) is 55.8 Å². The topological polar surface area (TPSA) is 135 Å². The lowest BCUT2D eigenvalue weighted by Gasteiger charge is -2.34. The van der Waals surface area contributed by atoms with Crippen LogP contribution in [0, 0.1) is 12.8 Å². The van der Waals surface area contributed by atoms with Gasteiger partial charge in [0.25, 0.3) is 5.91 Å². The summed E-state index contributed by atoms with van der Waals surface area (Å²) in [6.45, 7) is 8.53. The fourth-order valence-corrected chi connectivity index (χ4v) is 6.56. The van der Waals surface area contributed by atoms with Gasteiger partial charge in [-0.15, -0.1) is 0 Å². The number of furan rings is 1. The van der Waals surface area contributed by atoms with Crippen molar-refractivity contribution in [3.05, 3.63) is 82.6 Å². The zero-order valence-electron chi connectivity index (χ0n) is 23.4. The molecule has 0 saturated heterocycles. The van der Waals surface area contributed by atoms with Gasteiger partial charge >= 0.3 is 5.97 Å². The van der Waals surface area contributed by atoms with Gasteiger partial charge in [0.05, 0.1) is 16.5 Å². The SMILES string of the molecule is Cc1c(C(=O)NC2(S(=O)(=O)N[C@H](C(=O)O)C(C)C)C=CC(c3ccccc3)=CC2)oc2ccc(Cl)c(OC(C)C)c12. The predicted molar refractivity (Wildman–Crippen MR) is 158 cm³/mol. The highest BCUT2D eigenvalue weighted by atomic mass is 35.5. The Morgan fingerprint density at radius 3 is 2.34 bits per heavy atom. The Morgan fingerprint density at radius 2 is 1.78 bits per heavy atom. The van der Waals surface area contributed by atoms with Crippen LogP contribution in [0.15, 0.2) is 65.1 Å². The minimum atomic E-state index is -4.50. The summed E-state index contributed by atoms with van der Waals surface area (Å²) < 4.78 is 41.8. The van der Waals surface area contributed by atoms with E-state index < -0.39 is 38.7 Å². The van der Waals surface area contributed by atoms with E-state index in [4.69, 9.17) is 20.8 Å². The van der Waals surface area contributed by atoms with Crippen molar-refractivity contribution in [2.75, 3.05) is 0 Å². The van der Waals surface area contributed by atoms with E-state index >= 15 is 0 Å². The minimum absolute atomic E-state index is 0.115. The van der Waals surface area contributed by atoms with Crippen molar-refractivity contribution >= 4 is 50.0 Å². The second-order valence-electron chi connectivity index (χ2n) is 10.6. The molecule has 3 N–H and O–H groups in total. The average Bonchev–Trinajstić information content (AvgIpc) is 3.26. The van der Waals surface area contributed by atoms with Crippen LogP contribution in [0.3, 0.4) is 0 Å². The van der Waals surface area contributed by atoms with Crippen molar-refractivity contribution in [1.29, 1.82) is 0 Å². The number of hydrogen-bond acceptors (Lipinski definition) is 6. The van der Waals surface area contributed by atoms with Crippen LogP contribution in [0.25, 0.3) is 16.5 Å². The number of carbonyl (C=O) groups is 2. The number of amides is 1. The summed E-state index contributed by atoms with van der Waals surface area (Å²) >= 11 is 6.39. The quantitative estimate of drug-likeness (QED) is 0.272. The summed E-state index contributed by atoms with van der Waals surface area (Å²) in [6, 6.07) is 11.2. The maximum atomic E-state index is 13.9. The number of aliphatic carboxylic acids is 1. The molecule has 1 aliphatic rings. The second-order valence-corrected chi connectivity index (χ2v) is 12.9. The van der Waals surface area contributed by atoms with Crippen molar-refractivity contribution in [3.8, 4) is 5.75 Å². The third kappa shape index (κ3) is 6.05. The molecule has 1 unspecified atom stereocenters. The van der Waals surface area contributed by atoms with Crippen LogP contribution in [0.2, 0.25) is 5.02 Å². The molecule has 1 aromatic heterocycles. The van der Waals surface area contributed by atoms with E-state index in [1.807, 2.05) is 44.2 Å². The molecule has 0 spiro atoms. The molecule has 3 aromatic rings. The number of hydrogen-bond donors (Lipinski definition) is 3. The van der Waals surface area contributed by atoms with Gasteiger partial charge in [0.1, 0.15) is 17.4 Å². The van der Waals surface area contributed by atoms with Gasteiger partial charge in [-0.05, 0) is 56.0 Å². The maximum Gasteiger partial charge on any atom is 0.321 e. The van der Waals surface area contributed by atoms with Gasteiger partial charge in [0.2, 0.25) is 10.0 Å². The summed E-state index contributed by atoms with van der Waals surface area (Å²) in [5.41, 5.74) is 2.39. The molecule has 41 heavy (non-hydrogen) atoms. The number of sulfonamides is 1. The number of aryl methyl sites for hydroxylation is 1. The molecule has 9 nitrogen and oxygen atoms in total.